The summed E-state index contributed by atoms with van der Waals surface area (Å²) < 4.78 is 28.7. The first-order valence-electron chi connectivity index (χ1n) is 16.7. The fraction of sp³-hybridized carbons (Fsp3) is 0.459. The molecule has 0 radical (unpaired) electrons. The summed E-state index contributed by atoms with van der Waals surface area (Å²) in [5.74, 6) is -2.39. The number of benzene rings is 2. The van der Waals surface area contributed by atoms with Crippen molar-refractivity contribution in [1.82, 2.24) is 16.0 Å². The second kappa shape index (κ2) is 18.8. The van der Waals surface area contributed by atoms with E-state index in [2.05, 4.69) is 16.0 Å². The molecule has 0 bridgehead atoms. The Morgan fingerprint density at radius 1 is 0.882 bits per heavy atom. The first kappa shape index (κ1) is 41.1. The third kappa shape index (κ3) is 13.0. The first-order valence-corrected chi connectivity index (χ1v) is 19.0. The maximum atomic E-state index is 13.8. The van der Waals surface area contributed by atoms with E-state index in [0.29, 0.717) is 12.8 Å². The summed E-state index contributed by atoms with van der Waals surface area (Å²) in [5.41, 5.74) is 3.22. The molecular weight excluding hydrogens is 696 g/mol. The number of carbonyl (C=O) groups is 5. The van der Waals surface area contributed by atoms with Crippen LogP contribution in [0.1, 0.15) is 64.2 Å². The summed E-state index contributed by atoms with van der Waals surface area (Å²) in [6.07, 6.45) is 1.96. The Morgan fingerprint density at radius 2 is 1.47 bits per heavy atom. The van der Waals surface area contributed by atoms with Crippen molar-refractivity contribution >= 4 is 56.6 Å². The third-order valence-electron chi connectivity index (χ3n) is 8.31. The molecule has 1 aliphatic carbocycles. The number of fused-ring (bicyclic) bond motifs is 1. The smallest absolute Gasteiger partial charge is 0.408 e. The maximum absolute atomic E-state index is 13.8. The molecule has 4 atom stereocenters. The zero-order valence-corrected chi connectivity index (χ0v) is 31.3. The van der Waals surface area contributed by atoms with Gasteiger partial charge in [-0.05, 0) is 68.2 Å². The van der Waals surface area contributed by atoms with Gasteiger partial charge in [0.25, 0.3) is 0 Å². The van der Waals surface area contributed by atoms with Gasteiger partial charge in [0.15, 0.2) is 9.84 Å². The van der Waals surface area contributed by atoms with Gasteiger partial charge in [-0.15, -0.1) is 0 Å². The second-order valence-electron chi connectivity index (χ2n) is 13.3. The predicted molar refractivity (Wildman–Crippen MR) is 196 cm³/mol. The van der Waals surface area contributed by atoms with E-state index in [9.17, 15) is 32.4 Å². The Kier molecular flexibility index (Phi) is 15.1. The lowest BCUT2D eigenvalue weighted by Crippen LogP contribution is -2.54. The molecule has 3 N–H and O–H groups in total. The van der Waals surface area contributed by atoms with Crippen LogP contribution in [-0.4, -0.2) is 74.0 Å². The monoisotopic (exact) mass is 742 g/mol. The van der Waals surface area contributed by atoms with Gasteiger partial charge in [-0.3, -0.25) is 24.2 Å². The molecule has 0 saturated carbocycles. The van der Waals surface area contributed by atoms with Gasteiger partial charge in [0.1, 0.15) is 34.6 Å². The van der Waals surface area contributed by atoms with Crippen LogP contribution in [0.2, 0.25) is 0 Å². The minimum Gasteiger partial charge on any atom is -0.445 e. The summed E-state index contributed by atoms with van der Waals surface area (Å²) in [6, 6.07) is 13.0. The summed E-state index contributed by atoms with van der Waals surface area (Å²) in [4.78, 5) is 69.6. The van der Waals surface area contributed by atoms with Crippen molar-refractivity contribution in [3.05, 3.63) is 81.7 Å². The van der Waals surface area contributed by atoms with Crippen LogP contribution in [0.3, 0.4) is 0 Å². The van der Waals surface area contributed by atoms with E-state index in [4.69, 9.17) is 21.3 Å². The molecule has 276 valence electrons. The molecule has 2 aromatic rings. The molecule has 1 aliphatic rings. The van der Waals surface area contributed by atoms with E-state index in [0.717, 1.165) is 29.0 Å². The molecule has 2 aromatic carbocycles. The fourth-order valence-corrected chi connectivity index (χ4v) is 6.34. The van der Waals surface area contributed by atoms with Crippen molar-refractivity contribution < 1.29 is 37.1 Å². The van der Waals surface area contributed by atoms with Crippen molar-refractivity contribution in [3.63, 3.8) is 0 Å². The van der Waals surface area contributed by atoms with E-state index >= 15 is 0 Å². The highest BCUT2D eigenvalue weighted by molar-refractivity contribution is 7.96. The number of hydrogen-bond acceptors (Lipinski definition) is 9. The van der Waals surface area contributed by atoms with Crippen LogP contribution >= 0.6 is 11.6 Å². The number of Topliss-reactive ketones (excluding diaryl/α,β-unsaturated/α-hetero) is 2. The lowest BCUT2D eigenvalue weighted by molar-refractivity contribution is -0.124. The highest BCUT2D eigenvalue weighted by atomic mass is 35.5. The van der Waals surface area contributed by atoms with Crippen LogP contribution in [0.4, 0.5) is 4.79 Å². The Morgan fingerprint density at radius 3 is 2.00 bits per heavy atom. The van der Waals surface area contributed by atoms with Crippen molar-refractivity contribution in [2.24, 2.45) is 16.8 Å². The Hall–Kier alpha value is -4.36. The molecule has 3 amide bonds. The van der Waals surface area contributed by atoms with Crippen molar-refractivity contribution in [2.45, 2.75) is 91.1 Å². The number of aliphatic imine (C=N–C) groups is 1. The summed E-state index contributed by atoms with van der Waals surface area (Å²) in [7, 11) is -3.80. The number of alkyl carbamates (subject to hydrolysis) is 1. The van der Waals surface area contributed by atoms with E-state index < -0.39 is 62.2 Å². The number of nitrogens with zero attached hydrogens (tertiary/aromatic N) is 1. The number of hydrogen-bond donors (Lipinski definition) is 3. The second-order valence-corrected chi connectivity index (χ2v) is 15.9. The topological polar surface area (TPSA) is 177 Å². The molecule has 0 saturated heterocycles. The van der Waals surface area contributed by atoms with E-state index in [1.807, 2.05) is 42.5 Å². The number of rotatable bonds is 17. The van der Waals surface area contributed by atoms with Crippen molar-refractivity contribution in [2.75, 3.05) is 6.26 Å². The van der Waals surface area contributed by atoms with E-state index in [-0.39, 0.29) is 42.6 Å². The van der Waals surface area contributed by atoms with Gasteiger partial charge >= 0.3 is 6.09 Å². The fourth-order valence-electron chi connectivity index (χ4n) is 5.78. The number of carbonyl (C=O) groups excluding carboxylic acids is 5. The summed E-state index contributed by atoms with van der Waals surface area (Å²) in [5, 5.41) is 8.25. The number of amides is 3. The zero-order valence-electron chi connectivity index (χ0n) is 29.8. The number of halogens is 1. The molecule has 14 heteroatoms. The number of nitrogens with one attached hydrogen (secondary N) is 3. The molecule has 51 heavy (non-hydrogen) atoms. The van der Waals surface area contributed by atoms with Crippen LogP contribution in [-0.2, 0) is 53.2 Å². The summed E-state index contributed by atoms with van der Waals surface area (Å²) in [6.45, 7) is 7.72. The predicted octanol–water partition coefficient (Wildman–Crippen LogP) is 4.23. The van der Waals surface area contributed by atoms with Gasteiger partial charge in [0, 0.05) is 24.8 Å². The zero-order chi connectivity index (χ0) is 37.9. The van der Waals surface area contributed by atoms with Gasteiger partial charge in [0.05, 0.1) is 12.1 Å². The maximum Gasteiger partial charge on any atom is 0.408 e. The minimum absolute atomic E-state index is 0.0154. The van der Waals surface area contributed by atoms with Crippen LogP contribution in [0.25, 0.3) is 0 Å². The van der Waals surface area contributed by atoms with E-state index in [1.165, 1.54) is 20.8 Å². The average molecular weight is 743 g/mol. The van der Waals surface area contributed by atoms with Crippen LogP contribution < -0.4 is 16.0 Å². The SMILES string of the molecule is CC(=O)CC(=NC(C(=O)NC(C=C(Cl)S(C)(=O)=O)CC(C)=O)C(C)C)C(NC(=O)C(C)NC(=O)OCc1ccccc1)C1Cc2ccccc2C1. The van der Waals surface area contributed by atoms with Gasteiger partial charge in [-0.2, -0.15) is 0 Å². The van der Waals surface area contributed by atoms with Gasteiger partial charge in [-0.25, -0.2) is 13.2 Å². The molecule has 0 spiro atoms. The highest BCUT2D eigenvalue weighted by Gasteiger charge is 2.36. The minimum atomic E-state index is -3.80. The van der Waals surface area contributed by atoms with Crippen LogP contribution in [0.15, 0.2) is 70.0 Å². The highest BCUT2D eigenvalue weighted by Crippen LogP contribution is 2.30. The first-order chi connectivity index (χ1) is 23.9. The molecule has 0 aromatic heterocycles. The molecule has 0 fully saturated rings. The molecule has 12 nitrogen and oxygen atoms in total. The average Bonchev–Trinajstić information content (AvgIpc) is 3.48. The van der Waals surface area contributed by atoms with Gasteiger partial charge in [-0.1, -0.05) is 80.0 Å². The molecule has 3 rings (SSSR count). The van der Waals surface area contributed by atoms with Crippen molar-refractivity contribution in [1.29, 1.82) is 0 Å². The lowest BCUT2D eigenvalue weighted by atomic mass is 9.89. The Bertz CT molecular complexity index is 1740. The van der Waals surface area contributed by atoms with Gasteiger partial charge < -0.3 is 20.7 Å². The van der Waals surface area contributed by atoms with Crippen molar-refractivity contribution in [3.8, 4) is 0 Å². The standard InChI is InChI=1S/C37H47ClN4O8S/c1-22(2)33(36(46)40-30(16-23(3)43)20-32(38)51(6,48)49)41-31(17-24(4)44)34(29-18-27-14-10-11-15-28(27)19-29)42-35(45)25(5)39-37(47)50-21-26-12-8-7-9-13-26/h7-15,20,22,25,29-30,33-34H,16-19,21H2,1-6H3,(H,39,47)(H,40,46)(H,42,45). The largest absolute Gasteiger partial charge is 0.445 e. The van der Waals surface area contributed by atoms with Gasteiger partial charge in [0.2, 0.25) is 11.8 Å². The Balaban J connectivity index is 1.94. The van der Waals surface area contributed by atoms with Crippen LogP contribution in [0.5, 0.6) is 0 Å². The lowest BCUT2D eigenvalue weighted by Gasteiger charge is -2.29. The Labute approximate surface area is 304 Å². The molecule has 0 aliphatic heterocycles. The molecule has 4 unspecified atom stereocenters. The quantitative estimate of drug-likeness (QED) is 0.202. The summed E-state index contributed by atoms with van der Waals surface area (Å²) >= 11 is 5.98. The molecular formula is C37H47ClN4O8S. The number of ether oxygens (including phenoxy) is 1. The third-order valence-corrected chi connectivity index (χ3v) is 10.1. The number of sulfone groups is 1. The molecule has 0 heterocycles. The van der Waals surface area contributed by atoms with Crippen LogP contribution in [0, 0.1) is 11.8 Å². The number of ketones is 2. The normalized spacial score (nSPS) is 16.0. The van der Waals surface area contributed by atoms with E-state index in [1.54, 1.807) is 26.0 Å².